The van der Waals surface area contributed by atoms with E-state index in [0.717, 1.165) is 28.7 Å². The molecule has 3 N–H and O–H groups in total. The molecule has 0 spiro atoms. The van der Waals surface area contributed by atoms with Gasteiger partial charge in [-0.25, -0.2) is 9.59 Å². The summed E-state index contributed by atoms with van der Waals surface area (Å²) >= 11 is 0. The van der Waals surface area contributed by atoms with Crippen LogP contribution in [-0.4, -0.2) is 36.2 Å². The van der Waals surface area contributed by atoms with E-state index in [1.807, 2.05) is 31.2 Å². The number of nitrogens with one attached hydrogen (secondary N) is 2. The zero-order chi connectivity index (χ0) is 24.8. The minimum atomic E-state index is -1.17. The zero-order valence-corrected chi connectivity index (χ0v) is 19.5. The van der Waals surface area contributed by atoms with Crippen LogP contribution in [0.5, 0.6) is 0 Å². The molecule has 1 aliphatic rings. The zero-order valence-electron chi connectivity index (χ0n) is 19.5. The summed E-state index contributed by atoms with van der Waals surface area (Å²) < 4.78 is 10.7. The van der Waals surface area contributed by atoms with Crippen molar-refractivity contribution < 1.29 is 28.6 Å². The summed E-state index contributed by atoms with van der Waals surface area (Å²) in [5.74, 6) is -1.74. The molecule has 8 nitrogen and oxygen atoms in total. The lowest BCUT2D eigenvalue weighted by atomic mass is 9.98. The molecule has 0 saturated heterocycles. The number of hydrogen-bond acceptors (Lipinski definition) is 5. The number of alkyl carbamates (subject to hydrolysis) is 1. The summed E-state index contributed by atoms with van der Waals surface area (Å²) in [4.78, 5) is 36.0. The molecule has 2 aromatic carbocycles. The molecule has 0 radical (unpaired) electrons. The lowest BCUT2D eigenvalue weighted by Crippen LogP contribution is -2.39. The number of fused-ring (bicyclic) bond motifs is 3. The molecule has 0 aliphatic heterocycles. The van der Waals surface area contributed by atoms with E-state index in [9.17, 15) is 14.4 Å². The third-order valence-corrected chi connectivity index (χ3v) is 6.15. The smallest absolute Gasteiger partial charge is 0.407 e. The Morgan fingerprint density at radius 2 is 1.63 bits per heavy atom. The van der Waals surface area contributed by atoms with E-state index in [0.29, 0.717) is 12.2 Å². The summed E-state index contributed by atoms with van der Waals surface area (Å²) in [6.07, 6.45) is 0.764. The molecule has 4 rings (SSSR count). The molecule has 1 aromatic heterocycles. The van der Waals surface area contributed by atoms with Gasteiger partial charge < -0.3 is 24.9 Å². The Morgan fingerprint density at radius 1 is 0.971 bits per heavy atom. The maximum absolute atomic E-state index is 12.6. The van der Waals surface area contributed by atoms with Crippen LogP contribution >= 0.6 is 0 Å². The molecule has 0 bridgehead atoms. The van der Waals surface area contributed by atoms with Gasteiger partial charge in [-0.3, -0.25) is 4.79 Å². The van der Waals surface area contributed by atoms with Crippen LogP contribution in [0.4, 0.5) is 4.79 Å². The summed E-state index contributed by atoms with van der Waals surface area (Å²) in [5, 5.41) is 14.4. The van der Waals surface area contributed by atoms with Crippen molar-refractivity contribution in [2.75, 3.05) is 13.2 Å². The molecule has 0 saturated carbocycles. The van der Waals surface area contributed by atoms with Crippen molar-refractivity contribution in [1.29, 1.82) is 0 Å². The van der Waals surface area contributed by atoms with Gasteiger partial charge in [-0.1, -0.05) is 61.9 Å². The molecule has 35 heavy (non-hydrogen) atoms. The molecule has 1 unspecified atom stereocenters. The van der Waals surface area contributed by atoms with E-state index in [-0.39, 0.29) is 37.3 Å². The second kappa shape index (κ2) is 10.9. The first-order valence-electron chi connectivity index (χ1n) is 11.7. The van der Waals surface area contributed by atoms with Gasteiger partial charge in [0.1, 0.15) is 12.4 Å². The highest BCUT2D eigenvalue weighted by molar-refractivity contribution is 5.84. The van der Waals surface area contributed by atoms with Crippen LogP contribution in [0.15, 0.2) is 65.1 Å². The third-order valence-electron chi connectivity index (χ3n) is 6.15. The van der Waals surface area contributed by atoms with E-state index >= 15 is 0 Å². The predicted octanol–water partition coefficient (Wildman–Crippen LogP) is 4.55. The Kier molecular flexibility index (Phi) is 7.50. The Morgan fingerprint density at radius 3 is 2.23 bits per heavy atom. The molecule has 2 amide bonds. The van der Waals surface area contributed by atoms with Crippen molar-refractivity contribution in [2.45, 2.75) is 32.2 Å². The van der Waals surface area contributed by atoms with E-state index in [1.165, 1.54) is 12.1 Å². The molecular formula is C27H28N2O6. The second-order valence-electron chi connectivity index (χ2n) is 8.48. The quantitative estimate of drug-likeness (QED) is 0.395. The summed E-state index contributed by atoms with van der Waals surface area (Å²) in [5.41, 5.74) is 4.58. The van der Waals surface area contributed by atoms with Crippen molar-refractivity contribution in [2.24, 2.45) is 5.92 Å². The number of carboxylic acids is 1. The standard InChI is InChI=1S/C27H28N2O6/c1-2-7-17(25(30)28-15-18-12-13-24(35-18)26(31)32)14-29-27(33)34-16-23-21-10-5-3-8-19(21)20-9-4-6-11-22(20)23/h3-6,8-13,17,23H,2,7,14-16H2,1H3,(H,28,30)(H,29,33)(H,31,32). The summed E-state index contributed by atoms with van der Waals surface area (Å²) in [6.45, 7) is 2.36. The molecule has 3 aromatic rings. The number of benzene rings is 2. The normalized spacial score (nSPS) is 12.9. The minimum absolute atomic E-state index is 0.0353. The average Bonchev–Trinajstić information content (AvgIpc) is 3.47. The summed E-state index contributed by atoms with van der Waals surface area (Å²) in [7, 11) is 0. The van der Waals surface area contributed by atoms with E-state index in [4.69, 9.17) is 14.3 Å². The highest BCUT2D eigenvalue weighted by Gasteiger charge is 2.29. The van der Waals surface area contributed by atoms with E-state index in [2.05, 4.69) is 34.9 Å². The number of carbonyl (C=O) groups excluding carboxylic acids is 2. The first-order chi connectivity index (χ1) is 17.0. The lowest BCUT2D eigenvalue weighted by Gasteiger charge is -2.18. The number of hydrogen-bond donors (Lipinski definition) is 3. The van der Waals surface area contributed by atoms with Crippen molar-refractivity contribution in [1.82, 2.24) is 10.6 Å². The molecular weight excluding hydrogens is 448 g/mol. The SMILES string of the molecule is CCCC(CNC(=O)OCC1c2ccccc2-c2ccccc21)C(=O)NCc1ccc(C(=O)O)o1. The largest absolute Gasteiger partial charge is 0.475 e. The van der Waals surface area contributed by atoms with Crippen LogP contribution in [0.3, 0.4) is 0 Å². The van der Waals surface area contributed by atoms with Gasteiger partial charge in [0.25, 0.3) is 0 Å². The van der Waals surface area contributed by atoms with E-state index in [1.54, 1.807) is 0 Å². The van der Waals surface area contributed by atoms with Crippen LogP contribution < -0.4 is 10.6 Å². The minimum Gasteiger partial charge on any atom is -0.475 e. The van der Waals surface area contributed by atoms with Gasteiger partial charge >= 0.3 is 12.1 Å². The van der Waals surface area contributed by atoms with Crippen molar-refractivity contribution >= 4 is 18.0 Å². The number of rotatable bonds is 10. The van der Waals surface area contributed by atoms with E-state index < -0.39 is 18.0 Å². The second-order valence-corrected chi connectivity index (χ2v) is 8.48. The van der Waals surface area contributed by atoms with Gasteiger partial charge in [-0.2, -0.15) is 0 Å². The topological polar surface area (TPSA) is 118 Å². The van der Waals surface area contributed by atoms with Crippen molar-refractivity contribution in [3.8, 4) is 11.1 Å². The predicted molar refractivity (Wildman–Crippen MR) is 129 cm³/mol. The van der Waals surface area contributed by atoms with Crippen LogP contribution in [-0.2, 0) is 16.1 Å². The van der Waals surface area contributed by atoms with Gasteiger partial charge in [-0.15, -0.1) is 0 Å². The highest BCUT2D eigenvalue weighted by atomic mass is 16.5. The number of carboxylic acid groups (broad SMARTS) is 1. The van der Waals surface area contributed by atoms with Crippen LogP contribution in [0.1, 0.15) is 53.1 Å². The van der Waals surface area contributed by atoms with Gasteiger partial charge in [0.15, 0.2) is 0 Å². The fourth-order valence-corrected chi connectivity index (χ4v) is 4.44. The molecule has 0 fully saturated rings. The van der Waals surface area contributed by atoms with Gasteiger partial charge in [-0.05, 0) is 40.8 Å². The first kappa shape index (κ1) is 24.1. The van der Waals surface area contributed by atoms with Gasteiger partial charge in [0.2, 0.25) is 11.7 Å². The summed E-state index contributed by atoms with van der Waals surface area (Å²) in [6, 6.07) is 19.1. The molecule has 8 heteroatoms. The number of amides is 2. The molecule has 1 atom stereocenters. The Labute approximate surface area is 203 Å². The number of aromatic carboxylic acids is 1. The molecule has 1 aliphatic carbocycles. The Balaban J connectivity index is 1.29. The van der Waals surface area contributed by atoms with Crippen molar-refractivity contribution in [3.05, 3.63) is 83.3 Å². The monoisotopic (exact) mass is 476 g/mol. The highest BCUT2D eigenvalue weighted by Crippen LogP contribution is 2.44. The van der Waals surface area contributed by atoms with Gasteiger partial charge in [0, 0.05) is 12.5 Å². The maximum Gasteiger partial charge on any atom is 0.407 e. The maximum atomic E-state index is 12.6. The number of ether oxygens (including phenoxy) is 1. The van der Waals surface area contributed by atoms with Gasteiger partial charge in [0.05, 0.1) is 12.5 Å². The lowest BCUT2D eigenvalue weighted by molar-refractivity contribution is -0.125. The Bertz CT molecular complexity index is 1170. The Hall–Kier alpha value is -4.07. The van der Waals surface area contributed by atoms with Crippen LogP contribution in [0.2, 0.25) is 0 Å². The molecule has 1 heterocycles. The molecule has 182 valence electrons. The number of furan rings is 1. The van der Waals surface area contributed by atoms with Crippen molar-refractivity contribution in [3.63, 3.8) is 0 Å². The van der Waals surface area contributed by atoms with Crippen LogP contribution in [0, 0.1) is 5.92 Å². The fourth-order valence-electron chi connectivity index (χ4n) is 4.44. The average molecular weight is 477 g/mol. The first-order valence-corrected chi connectivity index (χ1v) is 11.7. The third kappa shape index (κ3) is 5.54. The number of carbonyl (C=O) groups is 3. The fraction of sp³-hybridized carbons (Fsp3) is 0.296. The van der Waals surface area contributed by atoms with Crippen LogP contribution in [0.25, 0.3) is 11.1 Å².